The lowest BCUT2D eigenvalue weighted by Crippen LogP contribution is -2.39. The molecule has 0 aromatic heterocycles. The molecule has 6 heteroatoms. The Kier molecular flexibility index (Phi) is 5.30. The molecule has 2 rings (SSSR count). The molecule has 120 valence electrons. The predicted molar refractivity (Wildman–Crippen MR) is 85.9 cm³/mol. The predicted octanol–water partition coefficient (Wildman–Crippen LogP) is 1.20. The van der Waals surface area contributed by atoms with E-state index >= 15 is 0 Å². The molecule has 0 bridgehead atoms. The number of ether oxygens (including phenoxy) is 1. The Hall–Kier alpha value is -2.89. The van der Waals surface area contributed by atoms with Crippen molar-refractivity contribution in [2.24, 2.45) is 0 Å². The summed E-state index contributed by atoms with van der Waals surface area (Å²) in [4.78, 5) is 36.5. The fourth-order valence-electron chi connectivity index (χ4n) is 2.10. The van der Waals surface area contributed by atoms with Gasteiger partial charge in [-0.1, -0.05) is 36.4 Å². The summed E-state index contributed by atoms with van der Waals surface area (Å²) in [6, 6.07) is 12.8. The molecule has 0 saturated heterocycles. The summed E-state index contributed by atoms with van der Waals surface area (Å²) in [5, 5.41) is 4.11. The summed E-state index contributed by atoms with van der Waals surface area (Å²) in [7, 11) is 2.96. The second-order valence-corrected chi connectivity index (χ2v) is 5.03. The third-order valence-electron chi connectivity index (χ3n) is 3.42. The highest BCUT2D eigenvalue weighted by molar-refractivity contribution is 6.04. The zero-order chi connectivity index (χ0) is 16.8. The van der Waals surface area contributed by atoms with Gasteiger partial charge in [0.1, 0.15) is 0 Å². The molecule has 0 heterocycles. The van der Waals surface area contributed by atoms with E-state index < -0.39 is 18.5 Å². The standard InChI is InChI=1S/C17H18N2O4/c1-18-15(20)10-19(2)16(21)11-23-17(22)14-9-5-7-12-6-3-4-8-13(12)14/h3-9H,10-11H2,1-2H3,(H,18,20). The fourth-order valence-corrected chi connectivity index (χ4v) is 2.10. The maximum Gasteiger partial charge on any atom is 0.339 e. The molecule has 0 aliphatic carbocycles. The number of hydrogen-bond donors (Lipinski definition) is 1. The minimum Gasteiger partial charge on any atom is -0.452 e. The number of hydrogen-bond acceptors (Lipinski definition) is 4. The maximum absolute atomic E-state index is 12.2. The van der Waals surface area contributed by atoms with Crippen LogP contribution in [0.15, 0.2) is 42.5 Å². The lowest BCUT2D eigenvalue weighted by Gasteiger charge is -2.16. The first kappa shape index (κ1) is 16.5. The van der Waals surface area contributed by atoms with Crippen molar-refractivity contribution in [3.8, 4) is 0 Å². The van der Waals surface area contributed by atoms with Crippen LogP contribution in [0.2, 0.25) is 0 Å². The van der Waals surface area contributed by atoms with Gasteiger partial charge in [-0.3, -0.25) is 9.59 Å². The monoisotopic (exact) mass is 314 g/mol. The highest BCUT2D eigenvalue weighted by atomic mass is 16.5. The van der Waals surface area contributed by atoms with E-state index in [4.69, 9.17) is 4.74 Å². The smallest absolute Gasteiger partial charge is 0.339 e. The molecule has 0 atom stereocenters. The molecule has 0 spiro atoms. The Morgan fingerprint density at radius 1 is 1.09 bits per heavy atom. The van der Waals surface area contributed by atoms with E-state index in [0.29, 0.717) is 5.56 Å². The van der Waals surface area contributed by atoms with Gasteiger partial charge in [0.05, 0.1) is 12.1 Å². The van der Waals surface area contributed by atoms with Gasteiger partial charge in [0.2, 0.25) is 5.91 Å². The second-order valence-electron chi connectivity index (χ2n) is 5.03. The second kappa shape index (κ2) is 7.40. The normalized spacial score (nSPS) is 10.2. The van der Waals surface area contributed by atoms with E-state index in [-0.39, 0.29) is 12.5 Å². The number of carbonyl (C=O) groups is 3. The van der Waals surface area contributed by atoms with E-state index in [1.54, 1.807) is 12.1 Å². The molecule has 0 radical (unpaired) electrons. The van der Waals surface area contributed by atoms with Crippen LogP contribution in [-0.4, -0.2) is 49.9 Å². The van der Waals surface area contributed by atoms with Crippen LogP contribution in [0.1, 0.15) is 10.4 Å². The number of esters is 1. The number of rotatable bonds is 5. The minimum absolute atomic E-state index is 0.0822. The van der Waals surface area contributed by atoms with E-state index in [2.05, 4.69) is 5.32 Å². The van der Waals surface area contributed by atoms with Crippen molar-refractivity contribution in [2.75, 3.05) is 27.2 Å². The molecule has 2 aromatic rings. The topological polar surface area (TPSA) is 75.7 Å². The van der Waals surface area contributed by atoms with Crippen molar-refractivity contribution in [1.82, 2.24) is 10.2 Å². The van der Waals surface area contributed by atoms with Crippen LogP contribution in [0, 0.1) is 0 Å². The van der Waals surface area contributed by atoms with Gasteiger partial charge in [-0.05, 0) is 16.8 Å². The van der Waals surface area contributed by atoms with Crippen molar-refractivity contribution in [3.63, 3.8) is 0 Å². The maximum atomic E-state index is 12.2. The Morgan fingerprint density at radius 3 is 2.52 bits per heavy atom. The highest BCUT2D eigenvalue weighted by Gasteiger charge is 2.16. The molecule has 1 N–H and O–H groups in total. The summed E-state index contributed by atoms with van der Waals surface area (Å²) in [5.74, 6) is -1.30. The van der Waals surface area contributed by atoms with Crippen LogP contribution in [0.3, 0.4) is 0 Å². The van der Waals surface area contributed by atoms with E-state index in [1.165, 1.54) is 19.0 Å². The van der Waals surface area contributed by atoms with Crippen molar-refractivity contribution >= 4 is 28.6 Å². The van der Waals surface area contributed by atoms with Gasteiger partial charge in [-0.25, -0.2) is 4.79 Å². The molecule has 0 unspecified atom stereocenters. The van der Waals surface area contributed by atoms with Crippen LogP contribution in [0.5, 0.6) is 0 Å². The van der Waals surface area contributed by atoms with Gasteiger partial charge < -0.3 is 15.0 Å². The third-order valence-corrected chi connectivity index (χ3v) is 3.42. The number of fused-ring (bicyclic) bond motifs is 1. The first-order valence-electron chi connectivity index (χ1n) is 7.12. The van der Waals surface area contributed by atoms with E-state index in [0.717, 1.165) is 10.8 Å². The Bertz CT molecular complexity index is 737. The van der Waals surface area contributed by atoms with Gasteiger partial charge in [-0.15, -0.1) is 0 Å². The van der Waals surface area contributed by atoms with Crippen LogP contribution < -0.4 is 5.32 Å². The van der Waals surface area contributed by atoms with E-state index in [9.17, 15) is 14.4 Å². The molecular formula is C17H18N2O4. The molecule has 0 saturated carbocycles. The SMILES string of the molecule is CNC(=O)CN(C)C(=O)COC(=O)c1cccc2ccccc12. The molecule has 6 nitrogen and oxygen atoms in total. The molecule has 2 aromatic carbocycles. The lowest BCUT2D eigenvalue weighted by atomic mass is 10.1. The molecule has 0 aliphatic heterocycles. The molecule has 23 heavy (non-hydrogen) atoms. The van der Waals surface area contributed by atoms with Gasteiger partial charge in [0.25, 0.3) is 5.91 Å². The van der Waals surface area contributed by atoms with Gasteiger partial charge in [-0.2, -0.15) is 0 Å². The summed E-state index contributed by atoms with van der Waals surface area (Å²) in [6.07, 6.45) is 0. The highest BCUT2D eigenvalue weighted by Crippen LogP contribution is 2.19. The summed E-state index contributed by atoms with van der Waals surface area (Å²) < 4.78 is 5.07. The van der Waals surface area contributed by atoms with Crippen LogP contribution in [0.25, 0.3) is 10.8 Å². The van der Waals surface area contributed by atoms with Crippen molar-refractivity contribution in [1.29, 1.82) is 0 Å². The number of nitrogens with zero attached hydrogens (tertiary/aromatic N) is 1. The van der Waals surface area contributed by atoms with Crippen LogP contribution in [0.4, 0.5) is 0 Å². The molecular weight excluding hydrogens is 296 g/mol. The van der Waals surface area contributed by atoms with E-state index in [1.807, 2.05) is 30.3 Å². The Balaban J connectivity index is 2.02. The number of amides is 2. The number of benzene rings is 2. The Labute approximate surface area is 134 Å². The molecule has 0 fully saturated rings. The fraction of sp³-hybridized carbons (Fsp3) is 0.235. The Morgan fingerprint density at radius 2 is 1.78 bits per heavy atom. The van der Waals surface area contributed by atoms with Crippen molar-refractivity contribution in [2.45, 2.75) is 0 Å². The summed E-state index contributed by atoms with van der Waals surface area (Å²) in [5.41, 5.74) is 0.407. The molecule has 0 aliphatic rings. The van der Waals surface area contributed by atoms with Crippen molar-refractivity contribution < 1.29 is 19.1 Å². The van der Waals surface area contributed by atoms with Gasteiger partial charge in [0.15, 0.2) is 6.61 Å². The van der Waals surface area contributed by atoms with Crippen molar-refractivity contribution in [3.05, 3.63) is 48.0 Å². The summed E-state index contributed by atoms with van der Waals surface area (Å²) >= 11 is 0. The minimum atomic E-state index is -0.566. The van der Waals surface area contributed by atoms with Crippen LogP contribution in [-0.2, 0) is 14.3 Å². The lowest BCUT2D eigenvalue weighted by molar-refractivity contribution is -0.137. The van der Waals surface area contributed by atoms with Gasteiger partial charge >= 0.3 is 5.97 Å². The third kappa shape index (κ3) is 4.06. The van der Waals surface area contributed by atoms with Crippen LogP contribution >= 0.6 is 0 Å². The number of carbonyl (C=O) groups excluding carboxylic acids is 3. The largest absolute Gasteiger partial charge is 0.452 e. The number of nitrogens with one attached hydrogen (secondary N) is 1. The quantitative estimate of drug-likeness (QED) is 0.842. The molecule has 2 amide bonds. The first-order chi connectivity index (χ1) is 11.0. The average molecular weight is 314 g/mol. The number of likely N-dealkylation sites (N-methyl/N-ethyl adjacent to an activating group) is 2. The first-order valence-corrected chi connectivity index (χ1v) is 7.12. The van der Waals surface area contributed by atoms with Gasteiger partial charge in [0, 0.05) is 14.1 Å². The summed E-state index contributed by atoms with van der Waals surface area (Å²) in [6.45, 7) is -0.489. The average Bonchev–Trinajstić information content (AvgIpc) is 2.58. The zero-order valence-corrected chi connectivity index (χ0v) is 13.0. The zero-order valence-electron chi connectivity index (χ0n) is 13.0.